The topological polar surface area (TPSA) is 98.3 Å². The average molecular weight is 289 g/mol. The summed E-state index contributed by atoms with van der Waals surface area (Å²) >= 11 is 0. The Balaban J connectivity index is 2.31. The van der Waals surface area contributed by atoms with Gasteiger partial charge in [-0.05, 0) is 12.1 Å². The third kappa shape index (κ3) is 3.78. The van der Waals surface area contributed by atoms with Crippen LogP contribution in [0.25, 0.3) is 0 Å². The summed E-state index contributed by atoms with van der Waals surface area (Å²) in [4.78, 5) is 23.2. The van der Waals surface area contributed by atoms with Gasteiger partial charge in [0, 0.05) is 14.0 Å². The van der Waals surface area contributed by atoms with Crippen molar-refractivity contribution in [3.05, 3.63) is 24.3 Å². The molecule has 0 aliphatic heterocycles. The SMILES string of the molecule is CNc1nc(OC)nc(Oc2ccccc2NC(C)=O)n1. The fraction of sp³-hybridized carbons (Fsp3) is 0.231. The Labute approximate surface area is 121 Å². The third-order valence-electron chi connectivity index (χ3n) is 2.40. The van der Waals surface area contributed by atoms with Crippen LogP contribution >= 0.6 is 0 Å². The van der Waals surface area contributed by atoms with E-state index in [0.29, 0.717) is 17.4 Å². The number of anilines is 2. The largest absolute Gasteiger partial charge is 0.467 e. The van der Waals surface area contributed by atoms with Crippen LogP contribution in [0.4, 0.5) is 11.6 Å². The second kappa shape index (κ2) is 6.51. The summed E-state index contributed by atoms with van der Waals surface area (Å²) in [5.74, 6) is 0.534. The van der Waals surface area contributed by atoms with Gasteiger partial charge in [-0.25, -0.2) is 0 Å². The van der Waals surface area contributed by atoms with Gasteiger partial charge >= 0.3 is 12.0 Å². The van der Waals surface area contributed by atoms with Gasteiger partial charge in [0.25, 0.3) is 0 Å². The fourth-order valence-electron chi connectivity index (χ4n) is 1.53. The molecule has 0 radical (unpaired) electrons. The molecule has 0 atom stereocenters. The lowest BCUT2D eigenvalue weighted by Gasteiger charge is -2.10. The molecule has 0 bridgehead atoms. The molecule has 0 aliphatic rings. The maximum absolute atomic E-state index is 11.2. The maximum atomic E-state index is 11.2. The number of para-hydroxylation sites is 2. The van der Waals surface area contributed by atoms with E-state index in [-0.39, 0.29) is 17.9 Å². The van der Waals surface area contributed by atoms with Crippen LogP contribution in [0.1, 0.15) is 6.92 Å². The Kier molecular flexibility index (Phi) is 4.50. The number of nitrogens with one attached hydrogen (secondary N) is 2. The predicted octanol–water partition coefficient (Wildman–Crippen LogP) is 1.67. The van der Waals surface area contributed by atoms with Crippen LogP contribution < -0.4 is 20.1 Å². The van der Waals surface area contributed by atoms with Gasteiger partial charge in [-0.15, -0.1) is 4.98 Å². The number of hydrogen-bond acceptors (Lipinski definition) is 7. The summed E-state index contributed by atoms with van der Waals surface area (Å²) in [5.41, 5.74) is 0.524. The highest BCUT2D eigenvalue weighted by Crippen LogP contribution is 2.28. The molecule has 0 unspecified atom stereocenters. The highest BCUT2D eigenvalue weighted by atomic mass is 16.5. The Bertz CT molecular complexity index is 625. The summed E-state index contributed by atoms with van der Waals surface area (Å²) in [5, 5.41) is 5.45. The summed E-state index contributed by atoms with van der Waals surface area (Å²) in [7, 11) is 3.12. The average Bonchev–Trinajstić information content (AvgIpc) is 2.48. The molecule has 0 fully saturated rings. The zero-order valence-electron chi connectivity index (χ0n) is 11.9. The number of amides is 1. The molecule has 110 valence electrons. The molecule has 0 saturated carbocycles. The molecule has 8 heteroatoms. The maximum Gasteiger partial charge on any atom is 0.330 e. The second-order valence-corrected chi connectivity index (χ2v) is 3.96. The van der Waals surface area contributed by atoms with Gasteiger partial charge in [0.2, 0.25) is 11.9 Å². The van der Waals surface area contributed by atoms with Crippen molar-refractivity contribution in [2.75, 3.05) is 24.8 Å². The molecule has 1 aromatic heterocycles. The van der Waals surface area contributed by atoms with Gasteiger partial charge in [-0.2, -0.15) is 9.97 Å². The Morgan fingerprint density at radius 3 is 2.52 bits per heavy atom. The van der Waals surface area contributed by atoms with Crippen LogP contribution in [0.3, 0.4) is 0 Å². The molecule has 1 amide bonds. The van der Waals surface area contributed by atoms with Gasteiger partial charge < -0.3 is 20.1 Å². The minimum Gasteiger partial charge on any atom is -0.467 e. The van der Waals surface area contributed by atoms with Crippen LogP contribution in [-0.4, -0.2) is 35.0 Å². The molecule has 0 aliphatic carbocycles. The Morgan fingerprint density at radius 2 is 1.86 bits per heavy atom. The summed E-state index contributed by atoms with van der Waals surface area (Å²) in [6.45, 7) is 1.42. The molecule has 2 rings (SSSR count). The van der Waals surface area contributed by atoms with Crippen molar-refractivity contribution in [2.24, 2.45) is 0 Å². The van der Waals surface area contributed by atoms with Crippen molar-refractivity contribution in [3.63, 3.8) is 0 Å². The van der Waals surface area contributed by atoms with Gasteiger partial charge in [0.05, 0.1) is 12.8 Å². The normalized spacial score (nSPS) is 9.86. The minimum absolute atomic E-state index is 0.0593. The molecule has 2 aromatic rings. The standard InChI is InChI=1S/C13H15N5O3/c1-8(19)15-9-6-4-5-7-10(9)21-13-17-11(14-2)16-12(18-13)20-3/h4-7H,1-3H3,(H,15,19)(H,14,16,17,18). The first kappa shape index (κ1) is 14.5. The number of ether oxygens (including phenoxy) is 2. The van der Waals surface area contributed by atoms with E-state index < -0.39 is 0 Å². The molecule has 21 heavy (non-hydrogen) atoms. The second-order valence-electron chi connectivity index (χ2n) is 3.96. The van der Waals surface area contributed by atoms with Crippen LogP contribution in [0, 0.1) is 0 Å². The molecule has 1 aromatic carbocycles. The number of benzene rings is 1. The molecule has 8 nitrogen and oxygen atoms in total. The van der Waals surface area contributed by atoms with Gasteiger partial charge in [-0.1, -0.05) is 12.1 Å². The van der Waals surface area contributed by atoms with E-state index in [4.69, 9.17) is 9.47 Å². The van der Waals surface area contributed by atoms with E-state index in [9.17, 15) is 4.79 Å². The number of nitrogens with zero attached hydrogens (tertiary/aromatic N) is 3. The van der Waals surface area contributed by atoms with Crippen LogP contribution in [0.2, 0.25) is 0 Å². The quantitative estimate of drug-likeness (QED) is 0.863. The van der Waals surface area contributed by atoms with Crippen molar-refractivity contribution in [1.82, 2.24) is 15.0 Å². The predicted molar refractivity (Wildman–Crippen MR) is 76.7 cm³/mol. The lowest BCUT2D eigenvalue weighted by Crippen LogP contribution is -2.08. The lowest BCUT2D eigenvalue weighted by atomic mass is 10.3. The number of aromatic nitrogens is 3. The van der Waals surface area contributed by atoms with E-state index in [1.54, 1.807) is 31.3 Å². The number of rotatable bonds is 5. The van der Waals surface area contributed by atoms with Gasteiger partial charge in [0.1, 0.15) is 0 Å². The van der Waals surface area contributed by atoms with Gasteiger partial charge in [-0.3, -0.25) is 4.79 Å². The molecule has 0 saturated heterocycles. The molecule has 1 heterocycles. The molecule has 2 N–H and O–H groups in total. The first-order valence-corrected chi connectivity index (χ1v) is 6.14. The number of methoxy groups -OCH3 is 1. The zero-order valence-corrected chi connectivity index (χ0v) is 11.9. The smallest absolute Gasteiger partial charge is 0.330 e. The Morgan fingerprint density at radius 1 is 1.14 bits per heavy atom. The minimum atomic E-state index is -0.199. The van der Waals surface area contributed by atoms with E-state index in [1.807, 2.05) is 0 Å². The first-order valence-electron chi connectivity index (χ1n) is 6.14. The van der Waals surface area contributed by atoms with E-state index in [1.165, 1.54) is 14.0 Å². The highest BCUT2D eigenvalue weighted by molar-refractivity contribution is 5.90. The monoisotopic (exact) mass is 289 g/mol. The van der Waals surface area contributed by atoms with Crippen LogP contribution in [0.5, 0.6) is 17.8 Å². The summed E-state index contributed by atoms with van der Waals surface area (Å²) < 4.78 is 10.6. The van der Waals surface area contributed by atoms with E-state index >= 15 is 0 Å². The molecular formula is C13H15N5O3. The van der Waals surface area contributed by atoms with Crippen molar-refractivity contribution in [1.29, 1.82) is 0 Å². The fourth-order valence-corrected chi connectivity index (χ4v) is 1.53. The first-order chi connectivity index (χ1) is 10.1. The highest BCUT2D eigenvalue weighted by Gasteiger charge is 2.11. The molecular weight excluding hydrogens is 274 g/mol. The van der Waals surface area contributed by atoms with Crippen molar-refractivity contribution < 1.29 is 14.3 Å². The zero-order chi connectivity index (χ0) is 15.2. The van der Waals surface area contributed by atoms with Crippen molar-refractivity contribution >= 4 is 17.5 Å². The number of carbonyl (C=O) groups excluding carboxylic acids is 1. The summed E-state index contributed by atoms with van der Waals surface area (Å²) in [6, 6.07) is 7.16. The molecule has 0 spiro atoms. The van der Waals surface area contributed by atoms with E-state index in [2.05, 4.69) is 25.6 Å². The number of hydrogen-bond donors (Lipinski definition) is 2. The Hall–Kier alpha value is -2.90. The van der Waals surface area contributed by atoms with Crippen LogP contribution in [0.15, 0.2) is 24.3 Å². The van der Waals surface area contributed by atoms with Crippen molar-refractivity contribution in [2.45, 2.75) is 6.92 Å². The summed E-state index contributed by atoms with van der Waals surface area (Å²) in [6.07, 6.45) is 0. The number of carbonyl (C=O) groups is 1. The van der Waals surface area contributed by atoms with E-state index in [0.717, 1.165) is 0 Å². The van der Waals surface area contributed by atoms with Crippen molar-refractivity contribution in [3.8, 4) is 17.8 Å². The third-order valence-corrected chi connectivity index (χ3v) is 2.40. The lowest BCUT2D eigenvalue weighted by molar-refractivity contribution is -0.114. The van der Waals surface area contributed by atoms with Gasteiger partial charge in [0.15, 0.2) is 5.75 Å². The van der Waals surface area contributed by atoms with Crippen LogP contribution in [-0.2, 0) is 4.79 Å².